The highest BCUT2D eigenvalue weighted by Crippen LogP contribution is 2.07. The number of carboxylic acid groups (broad SMARTS) is 1. The molecule has 3 N–H and O–H groups in total. The molecule has 0 unspecified atom stereocenters. The lowest BCUT2D eigenvalue weighted by Gasteiger charge is -2.16. The molecule has 0 aromatic carbocycles. The lowest BCUT2D eigenvalue weighted by molar-refractivity contribution is 0.0660. The summed E-state index contributed by atoms with van der Waals surface area (Å²) in [7, 11) is 1.65. The maximum absolute atomic E-state index is 11.8. The van der Waals surface area contributed by atoms with Gasteiger partial charge in [-0.1, -0.05) is 0 Å². The number of furan rings is 1. The normalized spacial score (nSPS) is 10.2. The summed E-state index contributed by atoms with van der Waals surface area (Å²) in [6, 6.07) is 2.57. The fraction of sp³-hybridized carbons (Fsp3) is 0.250. The molecule has 0 saturated heterocycles. The molecular weight excluding hydrogens is 264 g/mol. The zero-order valence-corrected chi connectivity index (χ0v) is 10.8. The van der Waals surface area contributed by atoms with Crippen molar-refractivity contribution in [1.29, 1.82) is 0 Å². The number of aromatic carboxylic acids is 1. The van der Waals surface area contributed by atoms with Crippen LogP contribution >= 0.6 is 0 Å². The molecule has 8 heteroatoms. The van der Waals surface area contributed by atoms with Gasteiger partial charge in [-0.05, 0) is 12.1 Å². The Balaban J connectivity index is 1.83. The molecular formula is C12H14N4O4. The lowest BCUT2D eigenvalue weighted by Crippen LogP contribution is -2.36. The van der Waals surface area contributed by atoms with E-state index in [0.29, 0.717) is 12.3 Å². The monoisotopic (exact) mass is 278 g/mol. The number of carboxylic acids is 1. The fourth-order valence-electron chi connectivity index (χ4n) is 1.60. The Kier molecular flexibility index (Phi) is 4.04. The minimum Gasteiger partial charge on any atom is -0.475 e. The van der Waals surface area contributed by atoms with Crippen LogP contribution in [0.4, 0.5) is 4.79 Å². The van der Waals surface area contributed by atoms with Gasteiger partial charge in [0, 0.05) is 18.8 Å². The van der Waals surface area contributed by atoms with Crippen molar-refractivity contribution in [2.45, 2.75) is 13.1 Å². The van der Waals surface area contributed by atoms with E-state index in [1.165, 1.54) is 17.0 Å². The second-order valence-electron chi connectivity index (χ2n) is 4.19. The van der Waals surface area contributed by atoms with E-state index in [1.54, 1.807) is 19.4 Å². The van der Waals surface area contributed by atoms with E-state index in [4.69, 9.17) is 9.52 Å². The summed E-state index contributed by atoms with van der Waals surface area (Å²) in [4.78, 5) is 23.9. The molecule has 0 saturated carbocycles. The highest BCUT2D eigenvalue weighted by Gasteiger charge is 2.12. The summed E-state index contributed by atoms with van der Waals surface area (Å²) in [5.74, 6) is -0.909. The van der Waals surface area contributed by atoms with Gasteiger partial charge in [-0.25, -0.2) is 9.59 Å². The van der Waals surface area contributed by atoms with Gasteiger partial charge < -0.3 is 19.7 Å². The predicted octanol–water partition coefficient (Wildman–Crippen LogP) is 1.04. The Hall–Kier alpha value is -2.77. The third kappa shape index (κ3) is 3.37. The van der Waals surface area contributed by atoms with Crippen LogP contribution in [0.5, 0.6) is 0 Å². The lowest BCUT2D eigenvalue weighted by atomic mass is 10.3. The first-order valence-corrected chi connectivity index (χ1v) is 5.85. The molecule has 0 fully saturated rings. The highest BCUT2D eigenvalue weighted by molar-refractivity contribution is 5.84. The average Bonchev–Trinajstić information content (AvgIpc) is 3.06. The first-order valence-electron chi connectivity index (χ1n) is 5.85. The van der Waals surface area contributed by atoms with Crippen molar-refractivity contribution < 1.29 is 19.1 Å². The molecule has 2 aromatic rings. The van der Waals surface area contributed by atoms with Crippen molar-refractivity contribution >= 4 is 12.0 Å². The number of urea groups is 1. The van der Waals surface area contributed by atoms with Crippen molar-refractivity contribution in [2.75, 3.05) is 7.05 Å². The molecule has 2 amide bonds. The van der Waals surface area contributed by atoms with E-state index in [2.05, 4.69) is 15.5 Å². The molecule has 2 rings (SSSR count). The summed E-state index contributed by atoms with van der Waals surface area (Å²) < 4.78 is 5.03. The van der Waals surface area contributed by atoms with Crippen LogP contribution in [0.1, 0.15) is 21.9 Å². The minimum absolute atomic E-state index is 0.127. The Bertz CT molecular complexity index is 590. The number of aromatic amines is 1. The van der Waals surface area contributed by atoms with Crippen LogP contribution in [-0.2, 0) is 13.1 Å². The number of nitrogens with zero attached hydrogens (tertiary/aromatic N) is 2. The van der Waals surface area contributed by atoms with E-state index in [-0.39, 0.29) is 18.3 Å². The third-order valence-corrected chi connectivity index (χ3v) is 2.61. The van der Waals surface area contributed by atoms with Gasteiger partial charge in [0.2, 0.25) is 5.76 Å². The van der Waals surface area contributed by atoms with E-state index in [0.717, 1.165) is 5.56 Å². The average molecular weight is 278 g/mol. The quantitative estimate of drug-likeness (QED) is 0.756. The van der Waals surface area contributed by atoms with Gasteiger partial charge in [0.05, 0.1) is 19.3 Å². The van der Waals surface area contributed by atoms with Gasteiger partial charge in [0.25, 0.3) is 0 Å². The van der Waals surface area contributed by atoms with Gasteiger partial charge in [0.1, 0.15) is 5.76 Å². The molecule has 2 heterocycles. The van der Waals surface area contributed by atoms with E-state index >= 15 is 0 Å². The number of hydrogen-bond donors (Lipinski definition) is 3. The molecule has 0 spiro atoms. The van der Waals surface area contributed by atoms with Crippen LogP contribution < -0.4 is 5.32 Å². The number of rotatable bonds is 5. The van der Waals surface area contributed by atoms with Crippen LogP contribution in [0, 0.1) is 0 Å². The number of H-pyrrole nitrogens is 1. The highest BCUT2D eigenvalue weighted by atomic mass is 16.4. The molecule has 0 bridgehead atoms. The molecule has 20 heavy (non-hydrogen) atoms. The second-order valence-corrected chi connectivity index (χ2v) is 4.19. The topological polar surface area (TPSA) is 111 Å². The van der Waals surface area contributed by atoms with Gasteiger partial charge in [-0.2, -0.15) is 5.10 Å². The molecule has 0 radical (unpaired) electrons. The van der Waals surface area contributed by atoms with E-state index in [1.807, 2.05) is 0 Å². The molecule has 0 atom stereocenters. The number of hydrogen-bond acceptors (Lipinski definition) is 4. The Morgan fingerprint density at radius 3 is 2.90 bits per heavy atom. The van der Waals surface area contributed by atoms with Crippen molar-refractivity contribution in [2.24, 2.45) is 0 Å². The minimum atomic E-state index is -1.14. The zero-order valence-electron chi connectivity index (χ0n) is 10.8. The van der Waals surface area contributed by atoms with Crippen molar-refractivity contribution in [3.05, 3.63) is 41.6 Å². The molecule has 2 aromatic heterocycles. The van der Waals surface area contributed by atoms with Gasteiger partial charge in [-0.3, -0.25) is 5.10 Å². The van der Waals surface area contributed by atoms with Crippen molar-refractivity contribution in [3.8, 4) is 0 Å². The number of aromatic nitrogens is 2. The Morgan fingerprint density at radius 2 is 2.30 bits per heavy atom. The van der Waals surface area contributed by atoms with E-state index < -0.39 is 5.97 Å². The predicted molar refractivity (Wildman–Crippen MR) is 68.0 cm³/mol. The van der Waals surface area contributed by atoms with Crippen LogP contribution in [-0.4, -0.2) is 39.3 Å². The number of nitrogens with one attached hydrogen (secondary N) is 2. The maximum atomic E-state index is 11.8. The van der Waals surface area contributed by atoms with Gasteiger partial charge in [-0.15, -0.1) is 0 Å². The smallest absolute Gasteiger partial charge is 0.371 e. The molecule has 0 aliphatic heterocycles. The largest absolute Gasteiger partial charge is 0.475 e. The molecule has 8 nitrogen and oxygen atoms in total. The SMILES string of the molecule is CN(Cc1cn[nH]c1)C(=O)NCc1ccc(C(=O)O)o1. The fourth-order valence-corrected chi connectivity index (χ4v) is 1.60. The first kappa shape index (κ1) is 13.7. The first-order chi connectivity index (χ1) is 9.56. The molecule has 0 aliphatic carbocycles. The summed E-state index contributed by atoms with van der Waals surface area (Å²) in [6.45, 7) is 0.544. The van der Waals surface area contributed by atoms with E-state index in [9.17, 15) is 9.59 Å². The summed E-state index contributed by atoms with van der Waals surface area (Å²) in [5, 5.41) is 17.8. The van der Waals surface area contributed by atoms with Crippen molar-refractivity contribution in [3.63, 3.8) is 0 Å². The van der Waals surface area contributed by atoms with Crippen LogP contribution in [0.15, 0.2) is 28.9 Å². The van der Waals surface area contributed by atoms with Gasteiger partial charge >= 0.3 is 12.0 Å². The zero-order chi connectivity index (χ0) is 14.5. The number of carbonyl (C=O) groups is 2. The van der Waals surface area contributed by atoms with Crippen LogP contribution in [0.2, 0.25) is 0 Å². The van der Waals surface area contributed by atoms with Crippen molar-refractivity contribution in [1.82, 2.24) is 20.4 Å². The molecule has 0 aliphatic rings. The Labute approximate surface area is 114 Å². The Morgan fingerprint density at radius 1 is 1.50 bits per heavy atom. The van der Waals surface area contributed by atoms with Crippen LogP contribution in [0.3, 0.4) is 0 Å². The number of carbonyl (C=O) groups excluding carboxylic acids is 1. The molecule has 106 valence electrons. The van der Waals surface area contributed by atoms with Gasteiger partial charge in [0.15, 0.2) is 0 Å². The summed E-state index contributed by atoms with van der Waals surface area (Å²) >= 11 is 0. The number of amides is 2. The summed E-state index contributed by atoms with van der Waals surface area (Å²) in [6.07, 6.45) is 3.34. The third-order valence-electron chi connectivity index (χ3n) is 2.61. The van der Waals surface area contributed by atoms with Crippen LogP contribution in [0.25, 0.3) is 0 Å². The summed E-state index contributed by atoms with van der Waals surface area (Å²) in [5.41, 5.74) is 0.883. The maximum Gasteiger partial charge on any atom is 0.371 e. The second kappa shape index (κ2) is 5.91. The standard InChI is InChI=1S/C12H14N4O4/c1-16(7-8-4-14-15-5-8)12(19)13-6-9-2-3-10(20-9)11(17)18/h2-5H,6-7H2,1H3,(H,13,19)(H,14,15)(H,17,18).